The van der Waals surface area contributed by atoms with Crippen LogP contribution in [0.25, 0.3) is 21.7 Å². The molecule has 0 fully saturated rings. The van der Waals surface area contributed by atoms with Gasteiger partial charge in [0.15, 0.2) is 6.61 Å². The third-order valence-corrected chi connectivity index (χ3v) is 4.90. The molecule has 1 heterocycles. The molecule has 0 saturated heterocycles. The van der Waals surface area contributed by atoms with E-state index in [-0.39, 0.29) is 12.5 Å². The molecule has 134 valence electrons. The highest BCUT2D eigenvalue weighted by atomic mass is 79.9. The van der Waals surface area contributed by atoms with Gasteiger partial charge in [0.05, 0.1) is 6.21 Å². The number of hydrogen-bond acceptors (Lipinski definition) is 3. The van der Waals surface area contributed by atoms with E-state index in [0.717, 1.165) is 31.7 Å². The molecule has 0 bridgehead atoms. The third-order valence-electron chi connectivity index (χ3n) is 4.20. The molecule has 4 aromatic rings. The first-order valence-corrected chi connectivity index (χ1v) is 9.20. The van der Waals surface area contributed by atoms with E-state index in [1.54, 1.807) is 6.21 Å². The van der Waals surface area contributed by atoms with Crippen LogP contribution in [-0.4, -0.2) is 23.7 Å². The molecule has 0 spiro atoms. The maximum absolute atomic E-state index is 12.0. The van der Waals surface area contributed by atoms with Gasteiger partial charge in [-0.3, -0.25) is 4.79 Å². The normalized spacial score (nSPS) is 11.3. The Morgan fingerprint density at radius 2 is 1.78 bits per heavy atom. The Bertz CT molecular complexity index is 1150. The van der Waals surface area contributed by atoms with Crippen molar-refractivity contribution in [3.05, 3.63) is 76.9 Å². The first kappa shape index (κ1) is 17.3. The second kappa shape index (κ2) is 7.63. The lowest BCUT2D eigenvalue weighted by atomic mass is 10.1. The number of aromatic amines is 1. The summed E-state index contributed by atoms with van der Waals surface area (Å²) in [6.07, 6.45) is 3.47. The molecule has 2 N–H and O–H groups in total. The number of hydrazone groups is 1. The first-order chi connectivity index (χ1) is 13.2. The Labute approximate surface area is 164 Å². The smallest absolute Gasteiger partial charge is 0.277 e. The molecule has 4 rings (SSSR count). The van der Waals surface area contributed by atoms with Crippen molar-refractivity contribution in [3.63, 3.8) is 0 Å². The maximum atomic E-state index is 12.0. The average Bonchev–Trinajstić information content (AvgIpc) is 3.11. The standard InChI is InChI=1S/C21H16BrN3O2/c22-18-9-10-20(17-7-2-1-6-16(17)18)27-13-21(26)25-24-12-14-11-23-19-8-4-3-5-15(14)19/h1-12,23H,13H2,(H,25,26). The minimum Gasteiger partial charge on any atom is -0.483 e. The predicted molar refractivity (Wildman–Crippen MR) is 111 cm³/mol. The molecular formula is C21H16BrN3O2. The van der Waals surface area contributed by atoms with Crippen molar-refractivity contribution in [1.29, 1.82) is 0 Å². The number of halogens is 1. The van der Waals surface area contributed by atoms with Gasteiger partial charge >= 0.3 is 0 Å². The van der Waals surface area contributed by atoms with Gasteiger partial charge in [-0.1, -0.05) is 58.4 Å². The molecule has 0 atom stereocenters. The summed E-state index contributed by atoms with van der Waals surface area (Å²) in [6, 6.07) is 19.5. The zero-order chi connectivity index (χ0) is 18.6. The van der Waals surface area contributed by atoms with Crippen LogP contribution in [0.1, 0.15) is 5.56 Å². The minimum absolute atomic E-state index is 0.114. The molecule has 5 nitrogen and oxygen atoms in total. The fourth-order valence-corrected chi connectivity index (χ4v) is 3.39. The van der Waals surface area contributed by atoms with Crippen molar-refractivity contribution in [1.82, 2.24) is 10.4 Å². The number of nitrogens with one attached hydrogen (secondary N) is 2. The van der Waals surface area contributed by atoms with E-state index >= 15 is 0 Å². The van der Waals surface area contributed by atoms with Gasteiger partial charge in [-0.15, -0.1) is 0 Å². The van der Waals surface area contributed by atoms with E-state index in [0.29, 0.717) is 5.75 Å². The number of fused-ring (bicyclic) bond motifs is 2. The van der Waals surface area contributed by atoms with E-state index < -0.39 is 0 Å². The van der Waals surface area contributed by atoms with Crippen LogP contribution < -0.4 is 10.2 Å². The van der Waals surface area contributed by atoms with E-state index in [2.05, 4.69) is 31.4 Å². The Morgan fingerprint density at radius 1 is 1.04 bits per heavy atom. The van der Waals surface area contributed by atoms with Gasteiger partial charge in [0.2, 0.25) is 0 Å². The Kier molecular flexibility index (Phi) is 4.89. The molecule has 0 saturated carbocycles. The number of carbonyl (C=O) groups excluding carboxylic acids is 1. The number of hydrogen-bond donors (Lipinski definition) is 2. The Hall–Kier alpha value is -3.12. The molecule has 27 heavy (non-hydrogen) atoms. The predicted octanol–water partition coefficient (Wildman–Crippen LogP) is 4.61. The van der Waals surface area contributed by atoms with Crippen molar-refractivity contribution in [2.24, 2.45) is 5.10 Å². The molecule has 1 amide bonds. The Morgan fingerprint density at radius 3 is 2.63 bits per heavy atom. The van der Waals surface area contributed by atoms with Crippen LogP contribution in [0.3, 0.4) is 0 Å². The molecule has 3 aromatic carbocycles. The van der Waals surface area contributed by atoms with Crippen molar-refractivity contribution in [2.45, 2.75) is 0 Å². The highest BCUT2D eigenvalue weighted by Gasteiger charge is 2.07. The van der Waals surface area contributed by atoms with Crippen molar-refractivity contribution < 1.29 is 9.53 Å². The largest absolute Gasteiger partial charge is 0.483 e. The number of nitrogens with zero attached hydrogens (tertiary/aromatic N) is 1. The summed E-state index contributed by atoms with van der Waals surface area (Å²) < 4.78 is 6.67. The molecule has 0 aliphatic heterocycles. The van der Waals surface area contributed by atoms with Gasteiger partial charge in [-0.05, 0) is 23.6 Å². The van der Waals surface area contributed by atoms with Gasteiger partial charge in [-0.25, -0.2) is 5.43 Å². The average molecular weight is 422 g/mol. The molecular weight excluding hydrogens is 406 g/mol. The lowest BCUT2D eigenvalue weighted by molar-refractivity contribution is -0.123. The van der Waals surface area contributed by atoms with E-state index in [4.69, 9.17) is 4.74 Å². The summed E-state index contributed by atoms with van der Waals surface area (Å²) in [6.45, 7) is -0.114. The van der Waals surface area contributed by atoms with Gasteiger partial charge < -0.3 is 9.72 Å². The number of benzene rings is 3. The number of H-pyrrole nitrogens is 1. The third kappa shape index (κ3) is 3.71. The SMILES string of the molecule is O=C(COc1ccc(Br)c2ccccc12)NN=Cc1c[nH]c2ccccc12. The van der Waals surface area contributed by atoms with Crippen LogP contribution in [0, 0.1) is 0 Å². The quantitative estimate of drug-likeness (QED) is 0.364. The zero-order valence-corrected chi connectivity index (χ0v) is 15.9. The minimum atomic E-state index is -0.321. The van der Waals surface area contributed by atoms with Gasteiger partial charge in [0.25, 0.3) is 5.91 Å². The number of ether oxygens (including phenoxy) is 1. The zero-order valence-electron chi connectivity index (χ0n) is 14.3. The van der Waals surface area contributed by atoms with Gasteiger partial charge in [0.1, 0.15) is 5.75 Å². The topological polar surface area (TPSA) is 66.5 Å². The molecule has 0 aliphatic carbocycles. The molecule has 1 aromatic heterocycles. The summed E-state index contributed by atoms with van der Waals surface area (Å²) in [5.41, 5.74) is 4.43. The van der Waals surface area contributed by atoms with Crippen molar-refractivity contribution in [3.8, 4) is 5.75 Å². The Balaban J connectivity index is 1.40. The van der Waals surface area contributed by atoms with Gasteiger partial charge in [0, 0.05) is 32.5 Å². The number of para-hydroxylation sites is 1. The summed E-state index contributed by atoms with van der Waals surface area (Å²) in [4.78, 5) is 15.2. The highest BCUT2D eigenvalue weighted by Crippen LogP contribution is 2.31. The monoisotopic (exact) mass is 421 g/mol. The molecule has 0 unspecified atom stereocenters. The van der Waals surface area contributed by atoms with Crippen molar-refractivity contribution >= 4 is 49.7 Å². The van der Waals surface area contributed by atoms with Crippen LogP contribution in [0.2, 0.25) is 0 Å². The number of aromatic nitrogens is 1. The van der Waals surface area contributed by atoms with E-state index in [1.165, 1.54) is 0 Å². The molecule has 0 radical (unpaired) electrons. The molecule has 6 heteroatoms. The summed E-state index contributed by atoms with van der Waals surface area (Å²) in [7, 11) is 0. The van der Waals surface area contributed by atoms with Gasteiger partial charge in [-0.2, -0.15) is 5.10 Å². The molecule has 0 aliphatic rings. The fraction of sp³-hybridized carbons (Fsp3) is 0.0476. The second-order valence-electron chi connectivity index (χ2n) is 5.96. The van der Waals surface area contributed by atoms with E-state index in [9.17, 15) is 4.79 Å². The van der Waals surface area contributed by atoms with Crippen LogP contribution in [0.5, 0.6) is 5.75 Å². The number of carbonyl (C=O) groups is 1. The summed E-state index contributed by atoms with van der Waals surface area (Å²) in [5.74, 6) is 0.336. The van der Waals surface area contributed by atoms with E-state index in [1.807, 2.05) is 66.9 Å². The number of amides is 1. The maximum Gasteiger partial charge on any atom is 0.277 e. The lowest BCUT2D eigenvalue weighted by Gasteiger charge is -2.09. The van der Waals surface area contributed by atoms with Crippen LogP contribution in [0.15, 0.2) is 76.4 Å². The number of rotatable bonds is 5. The van der Waals surface area contributed by atoms with Crippen LogP contribution in [0.4, 0.5) is 0 Å². The highest BCUT2D eigenvalue weighted by molar-refractivity contribution is 9.10. The summed E-state index contributed by atoms with van der Waals surface area (Å²) >= 11 is 3.52. The van der Waals surface area contributed by atoms with Crippen LogP contribution >= 0.6 is 15.9 Å². The summed E-state index contributed by atoms with van der Waals surface area (Å²) in [5, 5.41) is 7.05. The second-order valence-corrected chi connectivity index (χ2v) is 6.82. The van der Waals surface area contributed by atoms with Crippen LogP contribution in [-0.2, 0) is 4.79 Å². The first-order valence-electron chi connectivity index (χ1n) is 8.40. The van der Waals surface area contributed by atoms with Crippen molar-refractivity contribution in [2.75, 3.05) is 6.61 Å². The lowest BCUT2D eigenvalue weighted by Crippen LogP contribution is -2.24. The fourth-order valence-electron chi connectivity index (χ4n) is 2.91.